The number of rotatable bonds is 4. The molecular weight excluding hydrogens is 184 g/mol. The molecule has 1 unspecified atom stereocenters. The maximum Gasteiger partial charge on any atom is 0.0622 e. The molecule has 1 atom stereocenters. The summed E-state index contributed by atoms with van der Waals surface area (Å²) in [6, 6.07) is 10.6. The van der Waals surface area contributed by atoms with E-state index in [9.17, 15) is 0 Å². The molecule has 0 amide bonds. The molecule has 0 fully saturated rings. The molecular formula is C14H22O. The lowest BCUT2D eigenvalue weighted by Crippen LogP contribution is -2.28. The summed E-state index contributed by atoms with van der Waals surface area (Å²) >= 11 is 0. The van der Waals surface area contributed by atoms with Crippen LogP contribution < -0.4 is 0 Å². The maximum absolute atomic E-state index is 5.54. The first kappa shape index (κ1) is 12.3. The highest BCUT2D eigenvalue weighted by molar-refractivity contribution is 5.14. The van der Waals surface area contributed by atoms with Crippen molar-refractivity contribution >= 4 is 0 Å². The summed E-state index contributed by atoms with van der Waals surface area (Å²) in [5.41, 5.74) is 1.62. The van der Waals surface area contributed by atoms with Gasteiger partial charge in [-0.3, -0.25) is 0 Å². The highest BCUT2D eigenvalue weighted by Crippen LogP contribution is 2.25. The third kappa shape index (κ3) is 4.05. The molecule has 0 radical (unpaired) electrons. The van der Waals surface area contributed by atoms with E-state index in [1.807, 2.05) is 0 Å². The Labute approximate surface area is 93.5 Å². The number of hydrogen-bond donors (Lipinski definition) is 0. The molecule has 1 nitrogen and oxygen atoms in total. The molecule has 0 N–H and O–H groups in total. The lowest BCUT2D eigenvalue weighted by Gasteiger charge is -2.29. The van der Waals surface area contributed by atoms with Crippen LogP contribution in [0.1, 0.15) is 32.8 Å². The standard InChI is InChI=1S/C14H22O/c1-14(2,3)13(15-4)11-10-12-8-6-5-7-9-12/h5-9,13H,10-11H2,1-4H3. The maximum atomic E-state index is 5.54. The Morgan fingerprint density at radius 1 is 1.13 bits per heavy atom. The lowest BCUT2D eigenvalue weighted by molar-refractivity contribution is 0.0110. The van der Waals surface area contributed by atoms with Gasteiger partial charge in [-0.15, -0.1) is 0 Å². The van der Waals surface area contributed by atoms with E-state index in [2.05, 4.69) is 51.1 Å². The van der Waals surface area contributed by atoms with E-state index < -0.39 is 0 Å². The minimum atomic E-state index is 0.226. The van der Waals surface area contributed by atoms with Crippen LogP contribution >= 0.6 is 0 Å². The Morgan fingerprint density at radius 2 is 1.73 bits per heavy atom. The molecule has 1 aromatic carbocycles. The fourth-order valence-corrected chi connectivity index (χ4v) is 1.85. The zero-order valence-electron chi connectivity index (χ0n) is 10.3. The van der Waals surface area contributed by atoms with Gasteiger partial charge in [0.05, 0.1) is 6.10 Å². The molecule has 0 aliphatic heterocycles. The summed E-state index contributed by atoms with van der Waals surface area (Å²) in [5.74, 6) is 0. The van der Waals surface area contributed by atoms with Gasteiger partial charge in [-0.25, -0.2) is 0 Å². The number of benzene rings is 1. The smallest absolute Gasteiger partial charge is 0.0622 e. The van der Waals surface area contributed by atoms with Crippen molar-refractivity contribution in [1.82, 2.24) is 0 Å². The van der Waals surface area contributed by atoms with Crippen molar-refractivity contribution in [2.24, 2.45) is 5.41 Å². The molecule has 0 bridgehead atoms. The Kier molecular flexibility index (Phi) is 4.34. The molecule has 1 aromatic rings. The van der Waals surface area contributed by atoms with Crippen LogP contribution in [0, 0.1) is 5.41 Å². The summed E-state index contributed by atoms with van der Waals surface area (Å²) in [6.45, 7) is 6.68. The van der Waals surface area contributed by atoms with Gasteiger partial charge in [0.2, 0.25) is 0 Å². The second-order valence-corrected chi connectivity index (χ2v) is 5.11. The fraction of sp³-hybridized carbons (Fsp3) is 0.571. The summed E-state index contributed by atoms with van der Waals surface area (Å²) in [6.07, 6.45) is 2.51. The second-order valence-electron chi connectivity index (χ2n) is 5.11. The minimum absolute atomic E-state index is 0.226. The minimum Gasteiger partial charge on any atom is -0.381 e. The van der Waals surface area contributed by atoms with Crippen LogP contribution in [0.25, 0.3) is 0 Å². The van der Waals surface area contributed by atoms with Crippen molar-refractivity contribution in [1.29, 1.82) is 0 Å². The van der Waals surface area contributed by atoms with E-state index in [-0.39, 0.29) is 5.41 Å². The van der Waals surface area contributed by atoms with E-state index >= 15 is 0 Å². The quantitative estimate of drug-likeness (QED) is 0.730. The Morgan fingerprint density at radius 3 is 2.20 bits per heavy atom. The highest BCUT2D eigenvalue weighted by Gasteiger charge is 2.23. The van der Waals surface area contributed by atoms with Crippen molar-refractivity contribution in [3.63, 3.8) is 0 Å². The predicted molar refractivity (Wildman–Crippen MR) is 65.0 cm³/mol. The largest absolute Gasteiger partial charge is 0.381 e. The fourth-order valence-electron chi connectivity index (χ4n) is 1.85. The van der Waals surface area contributed by atoms with Gasteiger partial charge in [0.1, 0.15) is 0 Å². The van der Waals surface area contributed by atoms with Crippen LogP contribution in [-0.2, 0) is 11.2 Å². The molecule has 1 heteroatoms. The zero-order chi connectivity index (χ0) is 11.3. The Bertz CT molecular complexity index is 271. The zero-order valence-corrected chi connectivity index (χ0v) is 10.3. The number of methoxy groups -OCH3 is 1. The van der Waals surface area contributed by atoms with E-state index in [1.54, 1.807) is 7.11 Å². The third-order valence-corrected chi connectivity index (χ3v) is 2.79. The summed E-state index contributed by atoms with van der Waals surface area (Å²) in [4.78, 5) is 0. The first-order valence-electron chi connectivity index (χ1n) is 5.61. The molecule has 84 valence electrons. The van der Waals surface area contributed by atoms with Crippen molar-refractivity contribution < 1.29 is 4.74 Å². The lowest BCUT2D eigenvalue weighted by atomic mass is 9.85. The van der Waals surface area contributed by atoms with Gasteiger partial charge in [-0.05, 0) is 23.8 Å². The van der Waals surface area contributed by atoms with Crippen molar-refractivity contribution in [3.8, 4) is 0 Å². The molecule has 0 aliphatic carbocycles. The topological polar surface area (TPSA) is 9.23 Å². The molecule has 0 heterocycles. The van der Waals surface area contributed by atoms with Crippen molar-refractivity contribution in [2.45, 2.75) is 39.7 Å². The highest BCUT2D eigenvalue weighted by atomic mass is 16.5. The monoisotopic (exact) mass is 206 g/mol. The van der Waals surface area contributed by atoms with Crippen LogP contribution in [0.5, 0.6) is 0 Å². The summed E-state index contributed by atoms with van der Waals surface area (Å²) < 4.78 is 5.54. The molecule has 0 saturated carbocycles. The summed E-state index contributed by atoms with van der Waals surface area (Å²) in [7, 11) is 1.81. The third-order valence-electron chi connectivity index (χ3n) is 2.79. The van der Waals surface area contributed by atoms with E-state index in [4.69, 9.17) is 4.74 Å². The molecule has 0 saturated heterocycles. The predicted octanol–water partition coefficient (Wildman–Crippen LogP) is 3.68. The van der Waals surface area contributed by atoms with Crippen molar-refractivity contribution in [2.75, 3.05) is 7.11 Å². The molecule has 0 aromatic heterocycles. The average molecular weight is 206 g/mol. The number of hydrogen-bond acceptors (Lipinski definition) is 1. The molecule has 0 aliphatic rings. The molecule has 15 heavy (non-hydrogen) atoms. The first-order valence-corrected chi connectivity index (χ1v) is 5.61. The Hall–Kier alpha value is -0.820. The van der Waals surface area contributed by atoms with E-state index in [1.165, 1.54) is 5.56 Å². The number of ether oxygens (including phenoxy) is 1. The van der Waals surface area contributed by atoms with Crippen molar-refractivity contribution in [3.05, 3.63) is 35.9 Å². The molecule has 1 rings (SSSR count). The van der Waals surface area contributed by atoms with Crippen LogP contribution in [0.15, 0.2) is 30.3 Å². The van der Waals surface area contributed by atoms with E-state index in [0.717, 1.165) is 12.8 Å². The Balaban J connectivity index is 2.49. The van der Waals surface area contributed by atoms with Gasteiger partial charge in [0, 0.05) is 7.11 Å². The molecule has 0 spiro atoms. The van der Waals surface area contributed by atoms with Gasteiger partial charge in [0.15, 0.2) is 0 Å². The van der Waals surface area contributed by atoms with Gasteiger partial charge < -0.3 is 4.74 Å². The van der Waals surface area contributed by atoms with Crippen LogP contribution in [-0.4, -0.2) is 13.2 Å². The number of aryl methyl sites for hydroxylation is 1. The van der Waals surface area contributed by atoms with Gasteiger partial charge in [-0.1, -0.05) is 51.1 Å². The summed E-state index contributed by atoms with van der Waals surface area (Å²) in [5, 5.41) is 0. The SMILES string of the molecule is COC(CCc1ccccc1)C(C)(C)C. The first-order chi connectivity index (χ1) is 7.04. The van der Waals surface area contributed by atoms with Gasteiger partial charge >= 0.3 is 0 Å². The van der Waals surface area contributed by atoms with E-state index in [0.29, 0.717) is 6.10 Å². The van der Waals surface area contributed by atoms with Gasteiger partial charge in [-0.2, -0.15) is 0 Å². The van der Waals surface area contributed by atoms with Crippen LogP contribution in [0.4, 0.5) is 0 Å². The van der Waals surface area contributed by atoms with Crippen LogP contribution in [0.3, 0.4) is 0 Å². The van der Waals surface area contributed by atoms with Crippen LogP contribution in [0.2, 0.25) is 0 Å². The normalized spacial score (nSPS) is 13.9. The van der Waals surface area contributed by atoms with Gasteiger partial charge in [0.25, 0.3) is 0 Å². The average Bonchev–Trinajstić information content (AvgIpc) is 2.18. The second kappa shape index (κ2) is 5.32.